The Labute approximate surface area is 139 Å². The van der Waals surface area contributed by atoms with Crippen molar-refractivity contribution >= 4 is 11.6 Å². The standard InChI is InChI=1S/C10H12N.C6H5Cl.C4H6.Es/c1-11-7-6-9-4-2-3-5-10(9)8-11;7-6-4-2-1-3-5-6;1-3-4-2;/h3-5H,6-8H2,1H3;1-5H;3-4H,1-2H2;/q-1;;;. The second-order valence-corrected chi connectivity index (χ2v) is 5.39. The molecule has 1 radical (unpaired) electrons. The van der Waals surface area contributed by atoms with Crippen LogP contribution in [0, 0.1) is 6.07 Å². The van der Waals surface area contributed by atoms with E-state index in [1.54, 1.807) is 12.2 Å². The van der Waals surface area contributed by atoms with Crippen LogP contribution in [0.1, 0.15) is 11.1 Å². The number of halogens is 1. The van der Waals surface area contributed by atoms with Crippen LogP contribution in [0.2, 0.25) is 5.02 Å². The van der Waals surface area contributed by atoms with E-state index < -0.39 is 0 Å². The summed E-state index contributed by atoms with van der Waals surface area (Å²) in [5.74, 6) is 0. The van der Waals surface area contributed by atoms with Gasteiger partial charge in [0.25, 0.3) is 0 Å². The minimum Gasteiger partial charge on any atom is -0.305 e. The van der Waals surface area contributed by atoms with Crippen molar-refractivity contribution < 1.29 is 0 Å². The SMILES string of the molecule is C=CC=C.CN1CCc2c[c-]ccc2C1.Clc1ccccc1.[Es]. The third-order valence-electron chi connectivity index (χ3n) is 3.15. The molecule has 127 valence electrons. The molecule has 0 saturated carbocycles. The Hall–Kier alpha value is -2.83. The molecule has 2 aromatic rings. The predicted octanol–water partition coefficient (Wildman–Crippen LogP) is 5.17. The molecule has 3 heteroatoms. The van der Waals surface area contributed by atoms with Crippen molar-refractivity contribution in [2.45, 2.75) is 13.0 Å². The van der Waals surface area contributed by atoms with Crippen LogP contribution in [0.15, 0.2) is 73.8 Å². The van der Waals surface area contributed by atoms with Crippen molar-refractivity contribution in [1.82, 2.24) is 4.90 Å². The van der Waals surface area contributed by atoms with Gasteiger partial charge in [0.2, 0.25) is 0 Å². The first-order valence-electron chi connectivity index (χ1n) is 7.27. The number of nitrogens with zero attached hydrogens (tertiary/aromatic N) is 1. The summed E-state index contributed by atoms with van der Waals surface area (Å²) < 4.78 is 0. The maximum absolute atomic E-state index is 5.54. The summed E-state index contributed by atoms with van der Waals surface area (Å²) in [7, 11) is 2.17. The van der Waals surface area contributed by atoms with Crippen LogP contribution in [0.3, 0.4) is 0 Å². The van der Waals surface area contributed by atoms with Crippen molar-refractivity contribution in [2.24, 2.45) is 0 Å². The van der Waals surface area contributed by atoms with Crippen molar-refractivity contribution in [2.75, 3.05) is 13.6 Å². The average Bonchev–Trinajstić information content (AvgIpc) is 2.56. The van der Waals surface area contributed by atoms with Gasteiger partial charge in [-0.05, 0) is 25.7 Å². The molecule has 1 aliphatic heterocycles. The van der Waals surface area contributed by atoms with Gasteiger partial charge in [0.15, 0.2) is 0 Å². The third-order valence-corrected chi connectivity index (χ3v) is 3.41. The van der Waals surface area contributed by atoms with Crippen LogP contribution in [-0.4, -0.2) is 18.5 Å². The molecule has 23 heavy (non-hydrogen) atoms. The molecule has 0 spiro atoms. The van der Waals surface area contributed by atoms with E-state index in [1.165, 1.54) is 24.1 Å². The van der Waals surface area contributed by atoms with Crippen molar-refractivity contribution in [3.63, 3.8) is 0 Å². The summed E-state index contributed by atoms with van der Waals surface area (Å²) in [5.41, 5.74) is 2.95. The molecule has 0 atom stereocenters. The van der Waals surface area contributed by atoms with Gasteiger partial charge < -0.3 is 4.90 Å². The van der Waals surface area contributed by atoms with E-state index in [2.05, 4.69) is 43.3 Å². The molecule has 3 rings (SSSR count). The zero-order chi connectivity index (χ0) is 16.2. The number of fused-ring (bicyclic) bond motifs is 1. The summed E-state index contributed by atoms with van der Waals surface area (Å²) in [6.45, 7) is 9.01. The van der Waals surface area contributed by atoms with Crippen LogP contribution in [0.25, 0.3) is 0 Å². The number of hydrogen-bond acceptors (Lipinski definition) is 1. The maximum atomic E-state index is 5.54. The number of allylic oxidation sites excluding steroid dienone is 2. The fraction of sp³-hybridized carbons (Fsp3) is 0.200. The van der Waals surface area contributed by atoms with E-state index in [0.29, 0.717) is 0 Å². The number of hydrogen-bond donors (Lipinski definition) is 0. The molecule has 0 aliphatic carbocycles. The molecule has 0 fully saturated rings. The molecular formula is C20H23ClEsN-. The molecule has 0 bridgehead atoms. The minimum absolute atomic E-state index is 0. The Kier molecular flexibility index (Phi) is 10.3. The predicted molar refractivity (Wildman–Crippen MR) is 97.2 cm³/mol. The van der Waals surface area contributed by atoms with E-state index in [0.717, 1.165) is 11.6 Å². The number of likely N-dealkylation sites (N-methyl/N-ethyl adjacent to an activating group) is 1. The second-order valence-electron chi connectivity index (χ2n) is 4.95. The van der Waals surface area contributed by atoms with Gasteiger partial charge in [0, 0.05) is 11.6 Å². The van der Waals surface area contributed by atoms with Gasteiger partial charge in [-0.3, -0.25) is 0 Å². The largest absolute Gasteiger partial charge is 0.305 e. The Morgan fingerprint density at radius 3 is 2.26 bits per heavy atom. The van der Waals surface area contributed by atoms with Crippen molar-refractivity contribution in [3.05, 3.63) is 96.1 Å². The second kappa shape index (κ2) is 11.8. The Morgan fingerprint density at radius 1 is 1.09 bits per heavy atom. The summed E-state index contributed by atoms with van der Waals surface area (Å²) >= 11 is 5.54. The van der Waals surface area contributed by atoms with Crippen LogP contribution >= 0.6 is 11.6 Å². The minimum atomic E-state index is 0. The van der Waals surface area contributed by atoms with Gasteiger partial charge in [0.1, 0.15) is 0 Å². The zero-order valence-electron chi connectivity index (χ0n) is 13.4. The van der Waals surface area contributed by atoms with Crippen LogP contribution in [-0.2, 0) is 13.0 Å². The summed E-state index contributed by atoms with van der Waals surface area (Å²) in [4.78, 5) is 2.35. The summed E-state index contributed by atoms with van der Waals surface area (Å²) in [6, 6.07) is 18.8. The summed E-state index contributed by atoms with van der Waals surface area (Å²) in [6.07, 6.45) is 4.46. The normalized spacial score (nSPS) is 12.1. The van der Waals surface area contributed by atoms with E-state index in [1.807, 2.05) is 36.4 Å². The Balaban J connectivity index is 0.000000351. The molecule has 2 aromatic carbocycles. The molecule has 0 unspecified atom stereocenters. The molecule has 0 saturated heterocycles. The van der Waals surface area contributed by atoms with Gasteiger partial charge in [0.05, 0.1) is 0 Å². The first-order valence-corrected chi connectivity index (χ1v) is 7.65. The smallest absolute Gasteiger partial charge is 0.0405 e. The Bertz CT molecular complexity index is 563. The van der Waals surface area contributed by atoms with Crippen molar-refractivity contribution in [3.8, 4) is 0 Å². The van der Waals surface area contributed by atoms with Crippen LogP contribution in [0.4, 0.5) is 0 Å². The number of rotatable bonds is 1. The quantitative estimate of drug-likeness (QED) is 0.341. The maximum Gasteiger partial charge on any atom is 0.0405 e. The van der Waals surface area contributed by atoms with E-state index in [9.17, 15) is 0 Å². The molecular weight excluding hydrogens is 542 g/mol. The average molecular weight is 565 g/mol. The van der Waals surface area contributed by atoms with Gasteiger partial charge in [-0.2, -0.15) is 29.8 Å². The van der Waals surface area contributed by atoms with E-state index in [-0.39, 0.29) is 0 Å². The van der Waals surface area contributed by atoms with Gasteiger partial charge in [-0.25, -0.2) is 0 Å². The topological polar surface area (TPSA) is 3.24 Å². The van der Waals surface area contributed by atoms with Crippen LogP contribution < -0.4 is 0 Å². The van der Waals surface area contributed by atoms with Gasteiger partial charge in [-0.1, -0.05) is 61.5 Å². The van der Waals surface area contributed by atoms with Gasteiger partial charge in [-0.15, -0.1) is 5.56 Å². The molecule has 1 aliphatic rings. The van der Waals surface area contributed by atoms with Crippen LogP contribution in [0.5, 0.6) is 0 Å². The fourth-order valence-electron chi connectivity index (χ4n) is 1.98. The Morgan fingerprint density at radius 2 is 1.74 bits per heavy atom. The molecule has 0 aromatic heterocycles. The first-order chi connectivity index (χ1) is 10.7. The molecule has 1 heterocycles. The zero-order valence-corrected chi connectivity index (χ0v) is 16.7. The summed E-state index contributed by atoms with van der Waals surface area (Å²) in [5, 5.41) is 0.794. The number of benzene rings is 2. The van der Waals surface area contributed by atoms with Gasteiger partial charge >= 0.3 is 0 Å². The van der Waals surface area contributed by atoms with E-state index >= 15 is 0 Å². The van der Waals surface area contributed by atoms with E-state index in [4.69, 9.17) is 11.6 Å². The monoisotopic (exact) mass is 564 g/mol. The molecule has 0 N–H and O–H groups in total. The molecule has 0 amide bonds. The third kappa shape index (κ3) is 8.25. The fourth-order valence-corrected chi connectivity index (χ4v) is 2.13. The first kappa shape index (κ1) is 20.2. The molecule has 1 nitrogen and oxygen atoms in total. The van der Waals surface area contributed by atoms with Crippen molar-refractivity contribution in [1.29, 1.82) is 0 Å².